The summed E-state index contributed by atoms with van der Waals surface area (Å²) in [5.41, 5.74) is 0.607. The molecular weight excluding hydrogens is 224 g/mol. The van der Waals surface area contributed by atoms with Gasteiger partial charge in [-0.2, -0.15) is 0 Å². The molecular formula is C16H30O2. The van der Waals surface area contributed by atoms with Crippen molar-refractivity contribution >= 4 is 5.97 Å². The molecule has 2 heteroatoms. The highest BCUT2D eigenvalue weighted by molar-refractivity contribution is 5.66. The average Bonchev–Trinajstić information content (AvgIpc) is 2.13. The predicted octanol–water partition coefficient (Wildman–Crippen LogP) is 4.43. The van der Waals surface area contributed by atoms with Crippen LogP contribution in [0.5, 0.6) is 0 Å². The van der Waals surface area contributed by atoms with E-state index in [0.29, 0.717) is 17.3 Å². The largest absolute Gasteiger partial charge is 0.463 e. The summed E-state index contributed by atoms with van der Waals surface area (Å²) in [7, 11) is 0. The number of ether oxygens (including phenoxy) is 1. The van der Waals surface area contributed by atoms with Gasteiger partial charge in [0.25, 0.3) is 0 Å². The van der Waals surface area contributed by atoms with Crippen LogP contribution < -0.4 is 0 Å². The van der Waals surface area contributed by atoms with Gasteiger partial charge < -0.3 is 4.74 Å². The number of carbonyl (C=O) groups excluding carboxylic acids is 1. The quantitative estimate of drug-likeness (QED) is 0.647. The number of hydrogen-bond acceptors (Lipinski definition) is 2. The monoisotopic (exact) mass is 254 g/mol. The molecule has 1 aliphatic rings. The van der Waals surface area contributed by atoms with Crippen molar-refractivity contribution in [2.75, 3.05) is 0 Å². The third kappa shape index (κ3) is 4.00. The van der Waals surface area contributed by atoms with Gasteiger partial charge in [0.2, 0.25) is 0 Å². The van der Waals surface area contributed by atoms with E-state index in [1.54, 1.807) is 0 Å². The molecule has 3 unspecified atom stereocenters. The molecule has 0 aromatic carbocycles. The second-order valence-corrected chi connectivity index (χ2v) is 7.99. The van der Waals surface area contributed by atoms with Crippen molar-refractivity contribution in [1.82, 2.24) is 0 Å². The Morgan fingerprint density at radius 2 is 1.44 bits per heavy atom. The second kappa shape index (κ2) is 5.22. The topological polar surface area (TPSA) is 26.3 Å². The highest BCUT2D eigenvalue weighted by Gasteiger charge is 2.43. The minimum Gasteiger partial charge on any atom is -0.463 e. The molecule has 3 atom stereocenters. The zero-order chi connectivity index (χ0) is 14.1. The van der Waals surface area contributed by atoms with Gasteiger partial charge in [-0.15, -0.1) is 0 Å². The lowest BCUT2D eigenvalue weighted by Gasteiger charge is -2.48. The Bertz CT molecular complexity index is 293. The number of hydrogen-bond donors (Lipinski definition) is 0. The summed E-state index contributed by atoms with van der Waals surface area (Å²) < 4.78 is 5.44. The van der Waals surface area contributed by atoms with E-state index in [1.165, 1.54) is 13.3 Å². The van der Waals surface area contributed by atoms with Crippen LogP contribution in [0.3, 0.4) is 0 Å². The summed E-state index contributed by atoms with van der Waals surface area (Å²) in [5, 5.41) is 0. The summed E-state index contributed by atoms with van der Waals surface area (Å²) >= 11 is 0. The minimum absolute atomic E-state index is 0.130. The molecule has 1 rings (SSSR count). The van der Waals surface area contributed by atoms with Gasteiger partial charge in [0.15, 0.2) is 0 Å². The fraction of sp³-hybridized carbons (Fsp3) is 0.938. The van der Waals surface area contributed by atoms with Crippen molar-refractivity contribution in [1.29, 1.82) is 0 Å². The van der Waals surface area contributed by atoms with Crippen molar-refractivity contribution in [3.8, 4) is 0 Å². The van der Waals surface area contributed by atoms with Crippen molar-refractivity contribution in [2.24, 2.45) is 22.7 Å². The van der Waals surface area contributed by atoms with Gasteiger partial charge in [0, 0.05) is 6.92 Å². The summed E-state index contributed by atoms with van der Waals surface area (Å²) in [5.74, 6) is 1.20. The van der Waals surface area contributed by atoms with Crippen LogP contribution in [0, 0.1) is 22.7 Å². The molecule has 0 N–H and O–H groups in total. The van der Waals surface area contributed by atoms with E-state index in [4.69, 9.17) is 4.74 Å². The Morgan fingerprint density at radius 1 is 0.944 bits per heavy atom. The Balaban J connectivity index is 2.83. The van der Waals surface area contributed by atoms with Crippen LogP contribution in [-0.4, -0.2) is 12.1 Å². The van der Waals surface area contributed by atoms with Crippen LogP contribution in [0.4, 0.5) is 0 Å². The van der Waals surface area contributed by atoms with E-state index in [1.807, 2.05) is 0 Å². The molecule has 0 bridgehead atoms. The first-order valence-electron chi connectivity index (χ1n) is 7.19. The van der Waals surface area contributed by atoms with Crippen LogP contribution in [0.2, 0.25) is 0 Å². The Morgan fingerprint density at radius 3 is 1.83 bits per heavy atom. The van der Waals surface area contributed by atoms with Crippen LogP contribution in [0.15, 0.2) is 0 Å². The summed E-state index contributed by atoms with van der Waals surface area (Å²) in [6, 6.07) is 0. The van der Waals surface area contributed by atoms with Gasteiger partial charge in [-0.05, 0) is 41.9 Å². The van der Waals surface area contributed by atoms with Gasteiger partial charge in [-0.3, -0.25) is 4.79 Å². The lowest BCUT2D eigenvalue weighted by Crippen LogP contribution is -2.42. The summed E-state index contributed by atoms with van der Waals surface area (Å²) in [6.07, 6.45) is 3.34. The number of carbonyl (C=O) groups is 1. The van der Waals surface area contributed by atoms with Gasteiger partial charge >= 0.3 is 5.97 Å². The highest BCUT2D eigenvalue weighted by Crippen LogP contribution is 2.49. The van der Waals surface area contributed by atoms with Crippen LogP contribution in [-0.2, 0) is 9.53 Å². The van der Waals surface area contributed by atoms with Crippen molar-refractivity contribution in [3.05, 3.63) is 0 Å². The standard InChI is InChI=1S/C16H30O2/c1-11(17)18-12-8-9-13(15(2,3)4)14(10-12)16(5,6)7/h12-14H,8-10H2,1-7H3. The molecule has 1 fully saturated rings. The molecule has 0 saturated heterocycles. The maximum absolute atomic E-state index is 11.1. The molecule has 0 spiro atoms. The van der Waals surface area contributed by atoms with E-state index >= 15 is 0 Å². The van der Waals surface area contributed by atoms with Gasteiger partial charge in [-0.25, -0.2) is 0 Å². The number of esters is 1. The molecule has 0 heterocycles. The molecule has 1 saturated carbocycles. The predicted molar refractivity (Wildman–Crippen MR) is 75.3 cm³/mol. The fourth-order valence-corrected chi connectivity index (χ4v) is 3.47. The van der Waals surface area contributed by atoms with E-state index in [9.17, 15) is 4.79 Å². The molecule has 0 aromatic heterocycles. The third-order valence-electron chi connectivity index (χ3n) is 4.36. The Labute approximate surface area is 112 Å². The molecule has 0 amide bonds. The highest BCUT2D eigenvalue weighted by atomic mass is 16.5. The lowest BCUT2D eigenvalue weighted by molar-refractivity contribution is -0.151. The van der Waals surface area contributed by atoms with Crippen molar-refractivity contribution in [2.45, 2.75) is 73.8 Å². The SMILES string of the molecule is CC(=O)OC1CCC(C(C)(C)C)C(C(C)(C)C)C1. The van der Waals surface area contributed by atoms with E-state index in [0.717, 1.165) is 12.8 Å². The van der Waals surface area contributed by atoms with Crippen molar-refractivity contribution < 1.29 is 9.53 Å². The maximum atomic E-state index is 11.1. The first kappa shape index (κ1) is 15.5. The molecule has 18 heavy (non-hydrogen) atoms. The Kier molecular flexibility index (Phi) is 4.51. The molecule has 1 aliphatic carbocycles. The summed E-state index contributed by atoms with van der Waals surface area (Å²) in [4.78, 5) is 11.1. The van der Waals surface area contributed by atoms with Gasteiger partial charge in [-0.1, -0.05) is 41.5 Å². The van der Waals surface area contributed by atoms with Crippen LogP contribution >= 0.6 is 0 Å². The average molecular weight is 254 g/mol. The van der Waals surface area contributed by atoms with E-state index in [-0.39, 0.29) is 17.5 Å². The normalized spacial score (nSPS) is 30.1. The van der Waals surface area contributed by atoms with E-state index in [2.05, 4.69) is 41.5 Å². The summed E-state index contributed by atoms with van der Waals surface area (Å²) in [6.45, 7) is 15.5. The molecule has 0 radical (unpaired) electrons. The molecule has 0 aromatic rings. The van der Waals surface area contributed by atoms with Crippen LogP contribution in [0.25, 0.3) is 0 Å². The van der Waals surface area contributed by atoms with Crippen molar-refractivity contribution in [3.63, 3.8) is 0 Å². The molecule has 106 valence electrons. The lowest BCUT2D eigenvalue weighted by atomic mass is 9.58. The maximum Gasteiger partial charge on any atom is 0.302 e. The molecule has 2 nitrogen and oxygen atoms in total. The Hall–Kier alpha value is -0.530. The van der Waals surface area contributed by atoms with Gasteiger partial charge in [0.05, 0.1) is 0 Å². The fourth-order valence-electron chi connectivity index (χ4n) is 3.47. The zero-order valence-electron chi connectivity index (χ0n) is 13.2. The first-order valence-corrected chi connectivity index (χ1v) is 7.19. The number of rotatable bonds is 1. The van der Waals surface area contributed by atoms with E-state index < -0.39 is 0 Å². The van der Waals surface area contributed by atoms with Gasteiger partial charge in [0.1, 0.15) is 6.10 Å². The minimum atomic E-state index is -0.137. The van der Waals surface area contributed by atoms with Crippen LogP contribution in [0.1, 0.15) is 67.7 Å². The second-order valence-electron chi connectivity index (χ2n) is 7.99. The molecule has 0 aliphatic heterocycles. The zero-order valence-corrected chi connectivity index (χ0v) is 13.2. The smallest absolute Gasteiger partial charge is 0.302 e. The third-order valence-corrected chi connectivity index (χ3v) is 4.36. The first-order chi connectivity index (χ1) is 8.01.